The number of hydrogen-bond acceptors (Lipinski definition) is 6. The first-order chi connectivity index (χ1) is 12.6. The van der Waals surface area contributed by atoms with Gasteiger partial charge in [0.05, 0.1) is 0 Å². The van der Waals surface area contributed by atoms with Crippen LogP contribution in [0.25, 0.3) is 0 Å². The third-order valence-corrected chi connectivity index (χ3v) is 8.51. The summed E-state index contributed by atoms with van der Waals surface area (Å²) >= 11 is 0. The number of Topliss-reactive ketones (excluding diaryl/α,β-unsaturated/α-hetero) is 1. The Bertz CT molecular complexity index is 909. The molecule has 3 N–H and O–H groups in total. The van der Waals surface area contributed by atoms with Crippen molar-refractivity contribution in [1.82, 2.24) is 9.62 Å². The molecule has 0 aliphatic carbocycles. The van der Waals surface area contributed by atoms with Crippen LogP contribution in [-0.4, -0.2) is 49.4 Å². The maximum Gasteiger partial charge on any atom is 0.247 e. The quantitative estimate of drug-likeness (QED) is 0.786. The topological polar surface area (TPSA) is 105 Å². The summed E-state index contributed by atoms with van der Waals surface area (Å²) in [6.07, 6.45) is 0.823. The second-order valence-electron chi connectivity index (χ2n) is 7.32. The molecule has 0 saturated carbocycles. The van der Waals surface area contributed by atoms with Crippen molar-refractivity contribution < 1.29 is 17.6 Å². The van der Waals surface area contributed by atoms with Crippen molar-refractivity contribution in [2.75, 3.05) is 20.1 Å². The van der Waals surface area contributed by atoms with Gasteiger partial charge in [0.1, 0.15) is 21.9 Å². The lowest BCUT2D eigenvalue weighted by Crippen LogP contribution is -2.65. The van der Waals surface area contributed by atoms with Crippen molar-refractivity contribution in [1.29, 1.82) is 0 Å². The zero-order valence-corrected chi connectivity index (χ0v) is 16.6. The van der Waals surface area contributed by atoms with Gasteiger partial charge in [-0.05, 0) is 37.6 Å². The van der Waals surface area contributed by atoms with Crippen LogP contribution in [0.15, 0.2) is 23.2 Å². The Labute approximate surface area is 158 Å². The third kappa shape index (κ3) is 2.75. The summed E-state index contributed by atoms with van der Waals surface area (Å²) in [6.45, 7) is 4.00. The first kappa shape index (κ1) is 19.8. The van der Waals surface area contributed by atoms with Crippen molar-refractivity contribution in [3.8, 4) is 0 Å². The molecule has 148 valence electrons. The molecule has 2 atom stereocenters. The van der Waals surface area contributed by atoms with Crippen LogP contribution >= 0.6 is 0 Å². The highest BCUT2D eigenvalue weighted by Crippen LogP contribution is 2.50. The molecule has 1 fully saturated rings. The highest BCUT2D eigenvalue weighted by molar-refractivity contribution is 7.91. The molecule has 2 aliphatic heterocycles. The van der Waals surface area contributed by atoms with Crippen LogP contribution < -0.4 is 11.1 Å². The number of hydrogen-bond donors (Lipinski definition) is 2. The molecule has 0 amide bonds. The molecule has 7 nitrogen and oxygen atoms in total. The molecule has 1 aromatic carbocycles. The van der Waals surface area contributed by atoms with E-state index < -0.39 is 26.1 Å². The summed E-state index contributed by atoms with van der Waals surface area (Å²) in [7, 11) is -2.52. The summed E-state index contributed by atoms with van der Waals surface area (Å²) in [5.74, 6) is -0.716. The van der Waals surface area contributed by atoms with E-state index in [4.69, 9.17) is 5.73 Å². The van der Waals surface area contributed by atoms with Crippen LogP contribution in [0.5, 0.6) is 0 Å². The Morgan fingerprint density at radius 3 is 2.74 bits per heavy atom. The molecule has 1 saturated heterocycles. The molecule has 1 aromatic rings. The number of nitrogens with two attached hydrogens (primary N) is 1. The van der Waals surface area contributed by atoms with Crippen molar-refractivity contribution in [2.45, 2.75) is 43.4 Å². The normalized spacial score (nSPS) is 29.8. The zero-order valence-electron chi connectivity index (χ0n) is 15.8. The second-order valence-corrected chi connectivity index (χ2v) is 9.60. The number of sulfonamides is 1. The predicted octanol–water partition coefficient (Wildman–Crippen LogP) is 0.885. The molecule has 3 rings (SSSR count). The Hall–Kier alpha value is -2.00. The fourth-order valence-electron chi connectivity index (χ4n) is 4.06. The number of nitrogens with one attached hydrogen (secondary N) is 1. The van der Waals surface area contributed by atoms with Crippen molar-refractivity contribution >= 4 is 21.8 Å². The molecule has 9 heteroatoms. The number of guanidine groups is 1. The number of ketones is 1. The molecule has 0 aromatic heterocycles. The van der Waals surface area contributed by atoms with Gasteiger partial charge in [-0.1, -0.05) is 13.0 Å². The SMILES string of the molecule is CCC(=O)Cc1ccc(F)c([C@@]2(C)N=C(N)N(C)S(=O)(=O)[C@]23CCNC3)c1. The van der Waals surface area contributed by atoms with Crippen molar-refractivity contribution in [3.63, 3.8) is 0 Å². The molecule has 0 radical (unpaired) electrons. The monoisotopic (exact) mass is 396 g/mol. The largest absolute Gasteiger partial charge is 0.369 e. The van der Waals surface area contributed by atoms with E-state index >= 15 is 0 Å². The fourth-order valence-corrected chi connectivity index (χ4v) is 6.17. The van der Waals surface area contributed by atoms with E-state index in [1.165, 1.54) is 13.1 Å². The van der Waals surface area contributed by atoms with Gasteiger partial charge in [-0.2, -0.15) is 0 Å². The van der Waals surface area contributed by atoms with Gasteiger partial charge in [0.25, 0.3) is 0 Å². The average molecular weight is 396 g/mol. The van der Waals surface area contributed by atoms with Crippen LogP contribution in [0.1, 0.15) is 37.8 Å². The lowest BCUT2D eigenvalue weighted by Gasteiger charge is -2.48. The summed E-state index contributed by atoms with van der Waals surface area (Å²) in [4.78, 5) is 16.3. The standard InChI is InChI=1S/C18H25FN4O3S/c1-4-13(24)9-12-5-6-15(19)14(10-12)17(2)18(7-8-21-11-18)27(25,26)23(3)16(20)22-17/h5-6,10,21H,4,7-9,11H2,1-3H3,(H2,20,22)/t17-,18+/m1/s1. The van der Waals surface area contributed by atoms with Gasteiger partial charge in [0.15, 0.2) is 0 Å². The summed E-state index contributed by atoms with van der Waals surface area (Å²) < 4.78 is 41.1. The summed E-state index contributed by atoms with van der Waals surface area (Å²) in [6, 6.07) is 4.37. The van der Waals surface area contributed by atoms with E-state index in [-0.39, 0.29) is 36.7 Å². The van der Waals surface area contributed by atoms with Crippen LogP contribution in [0.4, 0.5) is 4.39 Å². The maximum atomic E-state index is 14.9. The van der Waals surface area contributed by atoms with Crippen molar-refractivity contribution in [2.24, 2.45) is 10.7 Å². The minimum absolute atomic E-state index is 0.0222. The summed E-state index contributed by atoms with van der Waals surface area (Å²) in [5.41, 5.74) is 5.27. The molecule has 0 bridgehead atoms. The number of halogens is 1. The van der Waals surface area contributed by atoms with Gasteiger partial charge in [-0.25, -0.2) is 22.1 Å². The number of nitrogens with zero attached hydrogens (tertiary/aromatic N) is 2. The average Bonchev–Trinajstić information content (AvgIpc) is 3.13. The minimum atomic E-state index is -3.88. The Morgan fingerprint density at radius 2 is 2.15 bits per heavy atom. The first-order valence-corrected chi connectivity index (χ1v) is 10.4. The smallest absolute Gasteiger partial charge is 0.247 e. The Balaban J connectivity index is 2.24. The molecule has 1 spiro atoms. The zero-order chi connectivity index (χ0) is 20.0. The molecule has 27 heavy (non-hydrogen) atoms. The number of carbonyl (C=O) groups excluding carboxylic acids is 1. The molecule has 2 heterocycles. The molecular formula is C18H25FN4O3S. The van der Waals surface area contributed by atoms with Crippen LogP contribution in [0.3, 0.4) is 0 Å². The van der Waals surface area contributed by atoms with Gasteiger partial charge in [-0.15, -0.1) is 0 Å². The number of carbonyl (C=O) groups is 1. The van der Waals surface area contributed by atoms with Gasteiger partial charge >= 0.3 is 0 Å². The van der Waals surface area contributed by atoms with E-state index in [0.717, 1.165) is 4.31 Å². The molecular weight excluding hydrogens is 371 g/mol. The highest BCUT2D eigenvalue weighted by atomic mass is 32.2. The molecule has 2 aliphatic rings. The van der Waals surface area contributed by atoms with Crippen molar-refractivity contribution in [3.05, 3.63) is 35.1 Å². The predicted molar refractivity (Wildman–Crippen MR) is 101 cm³/mol. The lowest BCUT2D eigenvalue weighted by molar-refractivity contribution is -0.118. The van der Waals surface area contributed by atoms with E-state index in [2.05, 4.69) is 10.3 Å². The first-order valence-electron chi connectivity index (χ1n) is 8.94. The highest BCUT2D eigenvalue weighted by Gasteiger charge is 2.64. The van der Waals surface area contributed by atoms with Crippen LogP contribution in [0, 0.1) is 5.82 Å². The number of aliphatic imine (C=N–C) groups is 1. The number of rotatable bonds is 4. The Morgan fingerprint density at radius 1 is 1.44 bits per heavy atom. The van der Waals surface area contributed by atoms with E-state index in [9.17, 15) is 17.6 Å². The Kier molecular flexibility index (Phi) is 4.80. The van der Waals surface area contributed by atoms with E-state index in [0.29, 0.717) is 18.5 Å². The number of benzene rings is 1. The van der Waals surface area contributed by atoms with Gasteiger partial charge in [0, 0.05) is 32.0 Å². The maximum absolute atomic E-state index is 14.9. The van der Waals surface area contributed by atoms with E-state index in [1.54, 1.807) is 26.0 Å². The van der Waals surface area contributed by atoms with Gasteiger partial charge in [0.2, 0.25) is 16.0 Å². The van der Waals surface area contributed by atoms with Gasteiger partial charge < -0.3 is 11.1 Å². The fraction of sp³-hybridized carbons (Fsp3) is 0.556. The van der Waals surface area contributed by atoms with Crippen LogP contribution in [-0.2, 0) is 26.8 Å². The third-order valence-electron chi connectivity index (χ3n) is 5.87. The van der Waals surface area contributed by atoms with Crippen LogP contribution in [0.2, 0.25) is 0 Å². The van der Waals surface area contributed by atoms with Gasteiger partial charge in [-0.3, -0.25) is 4.79 Å². The lowest BCUT2D eigenvalue weighted by atomic mass is 9.77. The second kappa shape index (κ2) is 6.56. The molecule has 0 unspecified atom stereocenters. The minimum Gasteiger partial charge on any atom is -0.369 e. The summed E-state index contributed by atoms with van der Waals surface area (Å²) in [5, 5.41) is 3.08. The van der Waals surface area contributed by atoms with E-state index in [1.807, 2.05) is 0 Å².